The van der Waals surface area contributed by atoms with Gasteiger partial charge in [0.2, 0.25) is 15.9 Å². The van der Waals surface area contributed by atoms with E-state index in [4.69, 9.17) is 4.74 Å². The molecule has 0 bridgehead atoms. The average Bonchev–Trinajstić information content (AvgIpc) is 2.72. The summed E-state index contributed by atoms with van der Waals surface area (Å²) >= 11 is 0. The Morgan fingerprint density at radius 2 is 1.80 bits per heavy atom. The second-order valence-corrected chi connectivity index (χ2v) is 8.83. The highest BCUT2D eigenvalue weighted by Crippen LogP contribution is 2.22. The van der Waals surface area contributed by atoms with E-state index in [-0.39, 0.29) is 13.2 Å². The van der Waals surface area contributed by atoms with Crippen LogP contribution in [-0.4, -0.2) is 46.3 Å². The van der Waals surface area contributed by atoms with Crippen LogP contribution in [0.15, 0.2) is 48.5 Å². The summed E-state index contributed by atoms with van der Waals surface area (Å²) in [5.41, 5.74) is 1.48. The Labute approximate surface area is 176 Å². The first-order chi connectivity index (χ1) is 14.4. The largest absolute Gasteiger partial charge is 0.492 e. The second-order valence-electron chi connectivity index (χ2n) is 7.11. The molecule has 1 heterocycles. The maximum absolute atomic E-state index is 13.1. The van der Waals surface area contributed by atoms with Gasteiger partial charge in [-0.25, -0.2) is 12.8 Å². The number of benzene rings is 2. The van der Waals surface area contributed by atoms with Crippen LogP contribution in [-0.2, 0) is 14.8 Å². The van der Waals surface area contributed by atoms with E-state index in [1.54, 1.807) is 18.2 Å². The molecule has 0 aliphatic carbocycles. The van der Waals surface area contributed by atoms with Crippen molar-refractivity contribution in [1.29, 1.82) is 0 Å². The van der Waals surface area contributed by atoms with Crippen molar-refractivity contribution >= 4 is 27.3 Å². The van der Waals surface area contributed by atoms with Crippen LogP contribution in [0.2, 0.25) is 0 Å². The number of ether oxygens (including phenoxy) is 1. The first-order valence-corrected chi connectivity index (χ1v) is 11.6. The van der Waals surface area contributed by atoms with Crippen LogP contribution in [0.25, 0.3) is 0 Å². The standard InChI is InChI=1S/C21H26FN3O4S/c22-17-5-4-6-20(15-17)29-14-11-23-21(26)16-30(27,28)24-18-7-9-19(10-8-18)25-12-2-1-3-13-25/h4-10,15,24H,1-3,11-14,16H2,(H,23,26). The van der Waals surface area contributed by atoms with Gasteiger partial charge in [-0.15, -0.1) is 0 Å². The van der Waals surface area contributed by atoms with Gasteiger partial charge in [-0.05, 0) is 55.7 Å². The quantitative estimate of drug-likeness (QED) is 0.592. The normalized spacial score (nSPS) is 14.2. The number of halogens is 1. The first-order valence-electron chi connectivity index (χ1n) is 9.92. The Morgan fingerprint density at radius 3 is 2.50 bits per heavy atom. The molecule has 1 aliphatic heterocycles. The van der Waals surface area contributed by atoms with Crippen LogP contribution in [0, 0.1) is 5.82 Å². The topological polar surface area (TPSA) is 87.7 Å². The van der Waals surface area contributed by atoms with Crippen LogP contribution in [0.5, 0.6) is 5.75 Å². The molecule has 0 aromatic heterocycles. The molecule has 2 aromatic rings. The zero-order valence-corrected chi connectivity index (χ0v) is 17.5. The highest BCUT2D eigenvalue weighted by Gasteiger charge is 2.17. The predicted molar refractivity (Wildman–Crippen MR) is 115 cm³/mol. The molecule has 1 amide bonds. The van der Waals surface area contributed by atoms with Gasteiger partial charge < -0.3 is 15.0 Å². The Balaban J connectivity index is 1.42. The molecule has 2 N–H and O–H groups in total. The highest BCUT2D eigenvalue weighted by atomic mass is 32.2. The average molecular weight is 436 g/mol. The lowest BCUT2D eigenvalue weighted by molar-refractivity contribution is -0.118. The maximum Gasteiger partial charge on any atom is 0.241 e. The van der Waals surface area contributed by atoms with Crippen LogP contribution < -0.4 is 19.7 Å². The summed E-state index contributed by atoms with van der Waals surface area (Å²) in [5.74, 6) is -1.42. The van der Waals surface area contributed by atoms with Crippen molar-refractivity contribution in [2.24, 2.45) is 0 Å². The molecule has 0 saturated carbocycles. The molecule has 1 fully saturated rings. The van der Waals surface area contributed by atoms with Crippen molar-refractivity contribution in [2.45, 2.75) is 19.3 Å². The summed E-state index contributed by atoms with van der Waals surface area (Å²) < 4.78 is 45.2. The van der Waals surface area contributed by atoms with E-state index in [1.165, 1.54) is 24.6 Å². The Morgan fingerprint density at radius 1 is 1.07 bits per heavy atom. The zero-order chi connectivity index (χ0) is 21.4. The second kappa shape index (κ2) is 10.3. The summed E-state index contributed by atoms with van der Waals surface area (Å²) in [6.45, 7) is 2.22. The van der Waals surface area contributed by atoms with Crippen molar-refractivity contribution in [3.8, 4) is 5.75 Å². The number of carbonyl (C=O) groups is 1. The summed E-state index contributed by atoms with van der Waals surface area (Å²) in [5, 5.41) is 2.48. The van der Waals surface area contributed by atoms with Crippen LogP contribution >= 0.6 is 0 Å². The number of anilines is 2. The molecule has 2 aromatic carbocycles. The smallest absolute Gasteiger partial charge is 0.241 e. The number of piperidine rings is 1. The van der Waals surface area contributed by atoms with Gasteiger partial charge in [-0.1, -0.05) is 6.07 Å². The van der Waals surface area contributed by atoms with Gasteiger partial charge in [-0.3, -0.25) is 9.52 Å². The fraction of sp³-hybridized carbons (Fsp3) is 0.381. The maximum atomic E-state index is 13.1. The number of hydrogen-bond donors (Lipinski definition) is 2. The Hall–Kier alpha value is -2.81. The van der Waals surface area contributed by atoms with Crippen molar-refractivity contribution in [2.75, 3.05) is 41.6 Å². The number of rotatable bonds is 9. The minimum Gasteiger partial charge on any atom is -0.492 e. The molecule has 0 atom stereocenters. The molecule has 3 rings (SSSR count). The molecule has 162 valence electrons. The van der Waals surface area contributed by atoms with Crippen molar-refractivity contribution < 1.29 is 22.3 Å². The van der Waals surface area contributed by atoms with Gasteiger partial charge in [0, 0.05) is 30.5 Å². The lowest BCUT2D eigenvalue weighted by Crippen LogP contribution is -2.35. The van der Waals surface area contributed by atoms with E-state index in [9.17, 15) is 17.6 Å². The van der Waals surface area contributed by atoms with Crippen LogP contribution in [0.1, 0.15) is 19.3 Å². The molecule has 30 heavy (non-hydrogen) atoms. The van der Waals surface area contributed by atoms with Crippen LogP contribution in [0.4, 0.5) is 15.8 Å². The molecular weight excluding hydrogens is 409 g/mol. The third-order valence-corrected chi connectivity index (χ3v) is 5.86. The third kappa shape index (κ3) is 6.91. The lowest BCUT2D eigenvalue weighted by Gasteiger charge is -2.28. The highest BCUT2D eigenvalue weighted by molar-refractivity contribution is 7.93. The van der Waals surface area contributed by atoms with Gasteiger partial charge >= 0.3 is 0 Å². The van der Waals surface area contributed by atoms with Crippen molar-refractivity contribution in [1.82, 2.24) is 5.32 Å². The minimum atomic E-state index is -3.83. The van der Waals surface area contributed by atoms with E-state index in [0.29, 0.717) is 11.4 Å². The molecule has 0 spiro atoms. The SMILES string of the molecule is O=C(CS(=O)(=O)Nc1ccc(N2CCCCC2)cc1)NCCOc1cccc(F)c1. The number of hydrogen-bond acceptors (Lipinski definition) is 5. The number of carbonyl (C=O) groups excluding carboxylic acids is 1. The number of nitrogens with zero attached hydrogens (tertiary/aromatic N) is 1. The third-order valence-electron chi connectivity index (χ3n) is 4.67. The summed E-state index contributed by atoms with van der Waals surface area (Å²) in [6, 6.07) is 12.8. The molecule has 7 nitrogen and oxygen atoms in total. The van der Waals surface area contributed by atoms with Crippen molar-refractivity contribution in [3.05, 3.63) is 54.3 Å². The fourth-order valence-corrected chi connectivity index (χ4v) is 4.26. The molecule has 0 radical (unpaired) electrons. The monoisotopic (exact) mass is 435 g/mol. The van der Waals surface area contributed by atoms with Gasteiger partial charge in [0.25, 0.3) is 0 Å². The summed E-state index contributed by atoms with van der Waals surface area (Å²) in [6.07, 6.45) is 3.57. The van der Waals surface area contributed by atoms with E-state index < -0.39 is 27.5 Å². The van der Waals surface area contributed by atoms with Crippen molar-refractivity contribution in [3.63, 3.8) is 0 Å². The van der Waals surface area contributed by atoms with Crippen LogP contribution in [0.3, 0.4) is 0 Å². The van der Waals surface area contributed by atoms with E-state index in [1.807, 2.05) is 12.1 Å². The molecule has 1 saturated heterocycles. The molecule has 9 heteroatoms. The van der Waals surface area contributed by atoms with Gasteiger partial charge in [0.05, 0.1) is 6.54 Å². The van der Waals surface area contributed by atoms with E-state index >= 15 is 0 Å². The van der Waals surface area contributed by atoms with Gasteiger partial charge in [0.1, 0.15) is 23.9 Å². The fourth-order valence-electron chi connectivity index (χ4n) is 3.25. The summed E-state index contributed by atoms with van der Waals surface area (Å²) in [7, 11) is -3.83. The number of nitrogens with one attached hydrogen (secondary N) is 2. The van der Waals surface area contributed by atoms with E-state index in [2.05, 4.69) is 14.9 Å². The van der Waals surface area contributed by atoms with Gasteiger partial charge in [-0.2, -0.15) is 0 Å². The molecule has 1 aliphatic rings. The summed E-state index contributed by atoms with van der Waals surface area (Å²) in [4.78, 5) is 14.2. The lowest BCUT2D eigenvalue weighted by atomic mass is 10.1. The Kier molecular flexibility index (Phi) is 7.51. The Bertz CT molecular complexity index is 945. The van der Waals surface area contributed by atoms with E-state index in [0.717, 1.165) is 31.6 Å². The molecular formula is C21H26FN3O4S. The number of amides is 1. The molecule has 0 unspecified atom stereocenters. The van der Waals surface area contributed by atoms with Gasteiger partial charge in [0.15, 0.2) is 0 Å². The predicted octanol–water partition coefficient (Wildman–Crippen LogP) is 2.75. The first kappa shape index (κ1) is 21.9. The minimum absolute atomic E-state index is 0.0978. The number of sulfonamides is 1. The zero-order valence-electron chi connectivity index (χ0n) is 16.6.